The Morgan fingerprint density at radius 1 is 0.871 bits per heavy atom. The third kappa shape index (κ3) is 4.35. The number of benzene rings is 1. The van der Waals surface area contributed by atoms with E-state index in [0.717, 1.165) is 51.6 Å². The highest BCUT2D eigenvalue weighted by Crippen LogP contribution is 2.36. The van der Waals surface area contributed by atoms with Crippen molar-refractivity contribution in [3.8, 4) is 0 Å². The highest BCUT2D eigenvalue weighted by Gasteiger charge is 2.45. The highest BCUT2D eigenvalue weighted by atomic mass is 16.6. The lowest BCUT2D eigenvalue weighted by atomic mass is 9.95. The lowest BCUT2D eigenvalue weighted by Crippen LogP contribution is -2.47. The van der Waals surface area contributed by atoms with E-state index >= 15 is 0 Å². The number of nitrogens with zero attached hydrogens (tertiary/aromatic N) is 4. The van der Waals surface area contributed by atoms with E-state index < -0.39 is 4.92 Å². The van der Waals surface area contributed by atoms with Gasteiger partial charge in [-0.2, -0.15) is 0 Å². The molecule has 1 aromatic rings. The Hall–Kier alpha value is -2.74. The lowest BCUT2D eigenvalue weighted by Gasteiger charge is -2.35. The van der Waals surface area contributed by atoms with E-state index in [1.807, 2.05) is 11.9 Å². The van der Waals surface area contributed by atoms with Crippen LogP contribution in [0.2, 0.25) is 0 Å². The van der Waals surface area contributed by atoms with Gasteiger partial charge in [-0.3, -0.25) is 24.6 Å². The molecule has 31 heavy (non-hydrogen) atoms. The quantitative estimate of drug-likeness (QED) is 0.418. The van der Waals surface area contributed by atoms with Crippen molar-refractivity contribution < 1.29 is 14.5 Å². The van der Waals surface area contributed by atoms with Crippen LogP contribution >= 0.6 is 0 Å². The van der Waals surface area contributed by atoms with E-state index in [9.17, 15) is 19.7 Å². The summed E-state index contributed by atoms with van der Waals surface area (Å²) in [5.41, 5.74) is 1.41. The van der Waals surface area contributed by atoms with Crippen LogP contribution in [0.1, 0.15) is 50.5 Å². The summed E-state index contributed by atoms with van der Waals surface area (Å²) < 4.78 is 0. The second kappa shape index (κ2) is 9.18. The molecular formula is C23H30N4O4. The topological polar surface area (TPSA) is 87.0 Å². The van der Waals surface area contributed by atoms with Gasteiger partial charge in [0.1, 0.15) is 5.70 Å². The van der Waals surface area contributed by atoms with Crippen LogP contribution in [0.3, 0.4) is 0 Å². The molecule has 8 heteroatoms. The molecule has 8 nitrogen and oxygen atoms in total. The Balaban J connectivity index is 1.71. The molecule has 1 aromatic carbocycles. The molecule has 0 unspecified atom stereocenters. The molecular weight excluding hydrogens is 396 g/mol. The zero-order chi connectivity index (χ0) is 22.0. The van der Waals surface area contributed by atoms with Gasteiger partial charge in [0.05, 0.1) is 10.5 Å². The number of nitro groups is 1. The number of rotatable bonds is 4. The molecule has 2 heterocycles. The van der Waals surface area contributed by atoms with Crippen molar-refractivity contribution in [3.63, 3.8) is 0 Å². The van der Waals surface area contributed by atoms with Crippen LogP contribution in [0.25, 0.3) is 5.57 Å². The molecule has 0 N–H and O–H groups in total. The fourth-order valence-electron chi connectivity index (χ4n) is 4.89. The molecule has 0 spiro atoms. The van der Waals surface area contributed by atoms with E-state index in [-0.39, 0.29) is 23.5 Å². The number of nitro benzene ring substituents is 1. The summed E-state index contributed by atoms with van der Waals surface area (Å²) in [6.07, 6.45) is 7.24. The summed E-state index contributed by atoms with van der Waals surface area (Å²) in [4.78, 5) is 43.6. The molecule has 2 fully saturated rings. The maximum atomic E-state index is 13.6. The molecule has 2 aliphatic heterocycles. The largest absolute Gasteiger partial charge is 0.364 e. The monoisotopic (exact) mass is 426 g/mol. The van der Waals surface area contributed by atoms with Crippen LogP contribution in [-0.2, 0) is 9.59 Å². The van der Waals surface area contributed by atoms with Crippen LogP contribution in [0.15, 0.2) is 30.0 Å². The van der Waals surface area contributed by atoms with Crippen molar-refractivity contribution in [1.29, 1.82) is 0 Å². The fourth-order valence-corrected chi connectivity index (χ4v) is 4.89. The van der Waals surface area contributed by atoms with Crippen molar-refractivity contribution in [2.45, 2.75) is 51.0 Å². The Labute approximate surface area is 182 Å². The Bertz CT molecular complexity index is 879. The van der Waals surface area contributed by atoms with E-state index in [1.165, 1.54) is 23.5 Å². The maximum absolute atomic E-state index is 13.6. The van der Waals surface area contributed by atoms with E-state index in [0.29, 0.717) is 29.9 Å². The first kappa shape index (κ1) is 21.5. The summed E-state index contributed by atoms with van der Waals surface area (Å²) in [6.45, 7) is 3.00. The van der Waals surface area contributed by atoms with Gasteiger partial charge in [-0.1, -0.05) is 32.1 Å². The predicted octanol–water partition coefficient (Wildman–Crippen LogP) is 3.04. The minimum Gasteiger partial charge on any atom is -0.364 e. The Morgan fingerprint density at radius 2 is 1.45 bits per heavy atom. The molecule has 1 saturated carbocycles. The van der Waals surface area contributed by atoms with E-state index in [4.69, 9.17) is 0 Å². The fraction of sp³-hybridized carbons (Fsp3) is 0.565. The van der Waals surface area contributed by atoms with Gasteiger partial charge >= 0.3 is 0 Å². The zero-order valence-electron chi connectivity index (χ0n) is 18.1. The smallest absolute Gasteiger partial charge is 0.278 e. The average Bonchev–Trinajstić information content (AvgIpc) is 2.99. The molecule has 0 atom stereocenters. The number of likely N-dealkylation sites (N-methyl/N-ethyl adjacent to an activating group) is 1. The summed E-state index contributed by atoms with van der Waals surface area (Å²) in [7, 11) is 2.05. The highest BCUT2D eigenvalue weighted by molar-refractivity contribution is 6.35. The Kier molecular flexibility index (Phi) is 6.36. The first-order valence-electron chi connectivity index (χ1n) is 11.3. The summed E-state index contributed by atoms with van der Waals surface area (Å²) in [5, 5.41) is 11.1. The number of carbonyl (C=O) groups excluding carboxylic acids is 2. The number of hydrogen-bond acceptors (Lipinski definition) is 6. The van der Waals surface area contributed by atoms with Gasteiger partial charge in [-0.05, 0) is 37.6 Å². The van der Waals surface area contributed by atoms with Gasteiger partial charge in [0.25, 0.3) is 17.5 Å². The van der Waals surface area contributed by atoms with Gasteiger partial charge in [-0.25, -0.2) is 0 Å². The number of amides is 2. The third-order valence-electron chi connectivity index (χ3n) is 6.72. The van der Waals surface area contributed by atoms with Gasteiger partial charge in [0, 0.05) is 44.4 Å². The second-order valence-electron chi connectivity index (χ2n) is 8.80. The summed E-state index contributed by atoms with van der Waals surface area (Å²) in [5.74, 6) is -0.452. The summed E-state index contributed by atoms with van der Waals surface area (Å²) >= 11 is 0. The zero-order valence-corrected chi connectivity index (χ0v) is 18.1. The van der Waals surface area contributed by atoms with E-state index in [2.05, 4.69) is 4.90 Å². The van der Waals surface area contributed by atoms with Crippen LogP contribution in [0, 0.1) is 10.1 Å². The first-order valence-corrected chi connectivity index (χ1v) is 11.3. The van der Waals surface area contributed by atoms with Crippen molar-refractivity contribution in [2.24, 2.45) is 0 Å². The van der Waals surface area contributed by atoms with Crippen LogP contribution < -0.4 is 0 Å². The Morgan fingerprint density at radius 3 is 2.03 bits per heavy atom. The minimum atomic E-state index is -0.456. The molecule has 4 rings (SSSR count). The SMILES string of the molecule is CN1CCN(C2=C(c3ccc([N+](=O)[O-])cc3)C(=O)N(C3CCCCCCC3)C2=O)CC1. The maximum Gasteiger partial charge on any atom is 0.278 e. The standard InChI is InChI=1S/C23H30N4O4/c1-24-13-15-25(16-14-24)21-20(17-9-11-19(12-10-17)27(30)31)22(28)26(23(21)29)18-7-5-3-2-4-6-8-18/h9-12,18H,2-8,13-16H2,1H3. The number of piperazine rings is 1. The number of hydrogen-bond donors (Lipinski definition) is 0. The van der Waals surface area contributed by atoms with Gasteiger partial charge in [0.2, 0.25) is 0 Å². The molecule has 166 valence electrons. The van der Waals surface area contributed by atoms with Crippen LogP contribution in [0.5, 0.6) is 0 Å². The molecule has 0 bridgehead atoms. The predicted molar refractivity (Wildman–Crippen MR) is 117 cm³/mol. The number of non-ortho nitro benzene ring substituents is 1. The average molecular weight is 427 g/mol. The molecule has 3 aliphatic rings. The molecule has 1 aliphatic carbocycles. The van der Waals surface area contributed by atoms with Gasteiger partial charge < -0.3 is 9.80 Å². The van der Waals surface area contributed by atoms with Crippen molar-refractivity contribution in [3.05, 3.63) is 45.6 Å². The van der Waals surface area contributed by atoms with Gasteiger partial charge in [0.15, 0.2) is 0 Å². The number of imide groups is 1. The van der Waals surface area contributed by atoms with E-state index in [1.54, 1.807) is 12.1 Å². The molecule has 2 amide bonds. The van der Waals surface area contributed by atoms with Crippen LogP contribution in [-0.4, -0.2) is 70.7 Å². The molecule has 0 aromatic heterocycles. The van der Waals surface area contributed by atoms with Crippen molar-refractivity contribution >= 4 is 23.1 Å². The normalized spacial score (nSPS) is 22.1. The van der Waals surface area contributed by atoms with Crippen molar-refractivity contribution in [2.75, 3.05) is 33.2 Å². The first-order chi connectivity index (χ1) is 15.0. The molecule has 0 radical (unpaired) electrons. The van der Waals surface area contributed by atoms with Crippen molar-refractivity contribution in [1.82, 2.24) is 14.7 Å². The minimum absolute atomic E-state index is 0.0286. The molecule has 1 saturated heterocycles. The number of carbonyl (C=O) groups is 2. The lowest BCUT2D eigenvalue weighted by molar-refractivity contribution is -0.384. The third-order valence-corrected chi connectivity index (χ3v) is 6.72. The van der Waals surface area contributed by atoms with Gasteiger partial charge in [-0.15, -0.1) is 0 Å². The second-order valence-corrected chi connectivity index (χ2v) is 8.80. The van der Waals surface area contributed by atoms with Crippen LogP contribution in [0.4, 0.5) is 5.69 Å². The summed E-state index contributed by atoms with van der Waals surface area (Å²) in [6, 6.07) is 5.92.